The first-order valence-electron chi connectivity index (χ1n) is 5.92. The third kappa shape index (κ3) is 3.70. The van der Waals surface area contributed by atoms with E-state index >= 15 is 0 Å². The van der Waals surface area contributed by atoms with Gasteiger partial charge in [0.1, 0.15) is 0 Å². The largest absolute Gasteiger partial charge is 0.481 e. The molecule has 1 aromatic carbocycles. The Labute approximate surface area is 120 Å². The van der Waals surface area contributed by atoms with Gasteiger partial charge < -0.3 is 5.11 Å². The molecule has 1 aliphatic heterocycles. The minimum atomic E-state index is -0.703. The zero-order valence-corrected chi connectivity index (χ0v) is 12.2. The average Bonchev–Trinajstić information content (AvgIpc) is 2.70. The number of halogens is 2. The van der Waals surface area contributed by atoms with Gasteiger partial charge in [0.2, 0.25) is 0 Å². The predicted octanol–water partition coefficient (Wildman–Crippen LogP) is 3.40. The normalized spacial score (nSPS) is 20.2. The van der Waals surface area contributed by atoms with E-state index in [2.05, 4.69) is 20.8 Å². The molecule has 1 heterocycles. The molecule has 1 unspecified atom stereocenters. The molecule has 0 radical (unpaired) electrons. The van der Waals surface area contributed by atoms with Crippen LogP contribution < -0.4 is 0 Å². The van der Waals surface area contributed by atoms with E-state index in [0.717, 1.165) is 41.1 Å². The summed E-state index contributed by atoms with van der Waals surface area (Å²) in [6.07, 6.45) is 1.23. The monoisotopic (exact) mass is 331 g/mol. The number of carboxylic acid groups (broad SMARTS) is 1. The molecule has 18 heavy (non-hydrogen) atoms. The molecule has 3 nitrogen and oxygen atoms in total. The molecule has 5 heteroatoms. The fourth-order valence-corrected chi connectivity index (χ4v) is 2.94. The Morgan fingerprint density at radius 1 is 1.56 bits per heavy atom. The molecular weight excluding hydrogens is 318 g/mol. The first-order valence-corrected chi connectivity index (χ1v) is 7.10. The fourth-order valence-electron chi connectivity index (χ4n) is 2.38. The van der Waals surface area contributed by atoms with E-state index in [4.69, 9.17) is 16.7 Å². The van der Waals surface area contributed by atoms with Gasteiger partial charge in [0.25, 0.3) is 0 Å². The summed E-state index contributed by atoms with van der Waals surface area (Å²) >= 11 is 9.50. The quantitative estimate of drug-likeness (QED) is 0.918. The molecule has 0 bridgehead atoms. The van der Waals surface area contributed by atoms with Gasteiger partial charge in [0.15, 0.2) is 0 Å². The lowest BCUT2D eigenvalue weighted by atomic mass is 10.1. The second kappa shape index (κ2) is 6.04. The van der Waals surface area contributed by atoms with Crippen LogP contribution >= 0.6 is 27.5 Å². The van der Waals surface area contributed by atoms with Crippen LogP contribution in [-0.4, -0.2) is 29.1 Å². The van der Waals surface area contributed by atoms with E-state index < -0.39 is 5.97 Å². The minimum absolute atomic E-state index is 0.271. The summed E-state index contributed by atoms with van der Waals surface area (Å²) in [5.41, 5.74) is 1.15. The zero-order valence-electron chi connectivity index (χ0n) is 9.90. The molecule has 1 N–H and O–H groups in total. The number of hydrogen-bond acceptors (Lipinski definition) is 2. The highest BCUT2D eigenvalue weighted by Crippen LogP contribution is 2.26. The van der Waals surface area contributed by atoms with Crippen LogP contribution in [-0.2, 0) is 11.3 Å². The molecule has 0 amide bonds. The van der Waals surface area contributed by atoms with Crippen molar-refractivity contribution in [1.29, 1.82) is 0 Å². The van der Waals surface area contributed by atoms with Crippen LogP contribution in [0.25, 0.3) is 0 Å². The summed E-state index contributed by atoms with van der Waals surface area (Å²) in [5, 5.41) is 9.52. The summed E-state index contributed by atoms with van der Waals surface area (Å²) in [4.78, 5) is 13.0. The van der Waals surface area contributed by atoms with Crippen LogP contribution in [0.2, 0.25) is 5.02 Å². The maximum Gasteiger partial charge on any atom is 0.303 e. The molecule has 1 aliphatic rings. The Morgan fingerprint density at radius 3 is 3.06 bits per heavy atom. The summed E-state index contributed by atoms with van der Waals surface area (Å²) in [5.74, 6) is -0.425. The van der Waals surface area contributed by atoms with E-state index in [0.29, 0.717) is 0 Å². The van der Waals surface area contributed by atoms with E-state index in [9.17, 15) is 4.79 Å². The topological polar surface area (TPSA) is 40.5 Å². The average molecular weight is 333 g/mol. The number of carboxylic acids is 1. The fraction of sp³-hybridized carbons (Fsp3) is 0.462. The van der Waals surface area contributed by atoms with E-state index in [1.165, 1.54) is 0 Å². The Kier molecular flexibility index (Phi) is 4.65. The summed E-state index contributed by atoms with van der Waals surface area (Å²) in [6, 6.07) is 5.75. The van der Waals surface area contributed by atoms with Gasteiger partial charge in [-0.1, -0.05) is 27.5 Å². The standard InChI is InChI=1S/C13H15BrClNO2/c14-12-2-1-11(15)6-10(12)8-16-4-3-9(7-16)5-13(17)18/h1-2,6,9H,3-5,7-8H2,(H,17,18). The van der Waals surface area contributed by atoms with Crippen molar-refractivity contribution in [3.05, 3.63) is 33.3 Å². The van der Waals surface area contributed by atoms with Gasteiger partial charge >= 0.3 is 5.97 Å². The van der Waals surface area contributed by atoms with Gasteiger partial charge in [-0.05, 0) is 42.6 Å². The van der Waals surface area contributed by atoms with Gasteiger partial charge in [0.05, 0.1) is 0 Å². The predicted molar refractivity (Wildman–Crippen MR) is 74.8 cm³/mol. The Hall–Kier alpha value is -0.580. The van der Waals surface area contributed by atoms with Crippen LogP contribution in [0.4, 0.5) is 0 Å². The maximum absolute atomic E-state index is 10.7. The lowest BCUT2D eigenvalue weighted by molar-refractivity contribution is -0.138. The first-order chi connectivity index (χ1) is 8.54. The molecule has 98 valence electrons. The molecule has 1 fully saturated rings. The second-order valence-corrected chi connectivity index (χ2v) is 6.01. The van der Waals surface area contributed by atoms with Crippen molar-refractivity contribution in [1.82, 2.24) is 4.90 Å². The van der Waals surface area contributed by atoms with Crippen LogP contribution in [0.1, 0.15) is 18.4 Å². The third-order valence-corrected chi connectivity index (χ3v) is 4.24. The highest BCUT2D eigenvalue weighted by atomic mass is 79.9. The number of hydrogen-bond donors (Lipinski definition) is 1. The number of benzene rings is 1. The zero-order chi connectivity index (χ0) is 13.1. The molecule has 0 saturated carbocycles. The Balaban J connectivity index is 1.95. The van der Waals surface area contributed by atoms with Gasteiger partial charge in [0, 0.05) is 29.0 Å². The second-order valence-electron chi connectivity index (χ2n) is 4.72. The maximum atomic E-state index is 10.7. The Morgan fingerprint density at radius 2 is 2.33 bits per heavy atom. The van der Waals surface area contributed by atoms with Gasteiger partial charge in [-0.25, -0.2) is 0 Å². The molecule has 0 aliphatic carbocycles. The van der Waals surface area contributed by atoms with Crippen LogP contribution in [0, 0.1) is 5.92 Å². The first kappa shape index (κ1) is 13.8. The third-order valence-electron chi connectivity index (χ3n) is 3.23. The summed E-state index contributed by atoms with van der Waals surface area (Å²) in [7, 11) is 0. The van der Waals surface area contributed by atoms with E-state index in [1.807, 2.05) is 18.2 Å². The van der Waals surface area contributed by atoms with E-state index in [1.54, 1.807) is 0 Å². The van der Waals surface area contributed by atoms with Gasteiger partial charge in [-0.15, -0.1) is 0 Å². The molecule has 0 aromatic heterocycles. The molecule has 2 rings (SSSR count). The van der Waals surface area contributed by atoms with Crippen molar-refractivity contribution in [2.24, 2.45) is 5.92 Å². The van der Waals surface area contributed by atoms with Crippen molar-refractivity contribution < 1.29 is 9.90 Å². The van der Waals surface area contributed by atoms with Crippen LogP contribution in [0.3, 0.4) is 0 Å². The van der Waals surface area contributed by atoms with Crippen molar-refractivity contribution in [2.75, 3.05) is 13.1 Å². The lowest BCUT2D eigenvalue weighted by Gasteiger charge is -2.16. The van der Waals surface area contributed by atoms with Gasteiger partial charge in [-0.3, -0.25) is 9.69 Å². The van der Waals surface area contributed by atoms with Crippen LogP contribution in [0.5, 0.6) is 0 Å². The highest BCUT2D eigenvalue weighted by molar-refractivity contribution is 9.10. The van der Waals surface area contributed by atoms with Crippen LogP contribution in [0.15, 0.2) is 22.7 Å². The molecule has 0 spiro atoms. The molecule has 1 atom stereocenters. The molecule has 1 aromatic rings. The SMILES string of the molecule is O=C(O)CC1CCN(Cc2cc(Cl)ccc2Br)C1. The highest BCUT2D eigenvalue weighted by Gasteiger charge is 2.24. The number of nitrogens with zero attached hydrogens (tertiary/aromatic N) is 1. The van der Waals surface area contributed by atoms with Crippen molar-refractivity contribution in [2.45, 2.75) is 19.4 Å². The number of carbonyl (C=O) groups is 1. The number of aliphatic carboxylic acids is 1. The summed E-state index contributed by atoms with van der Waals surface area (Å²) < 4.78 is 1.05. The van der Waals surface area contributed by atoms with Crippen molar-refractivity contribution in [3.63, 3.8) is 0 Å². The minimum Gasteiger partial charge on any atom is -0.481 e. The summed E-state index contributed by atoms with van der Waals surface area (Å²) in [6.45, 7) is 2.62. The lowest BCUT2D eigenvalue weighted by Crippen LogP contribution is -2.21. The van der Waals surface area contributed by atoms with Crippen molar-refractivity contribution in [3.8, 4) is 0 Å². The Bertz CT molecular complexity index is 453. The molecule has 1 saturated heterocycles. The smallest absolute Gasteiger partial charge is 0.303 e. The van der Waals surface area contributed by atoms with Crippen molar-refractivity contribution >= 4 is 33.5 Å². The van der Waals surface area contributed by atoms with E-state index in [-0.39, 0.29) is 12.3 Å². The van der Waals surface area contributed by atoms with Gasteiger partial charge in [-0.2, -0.15) is 0 Å². The number of rotatable bonds is 4. The number of likely N-dealkylation sites (tertiary alicyclic amines) is 1. The molecular formula is C13H15BrClNO2.